The molecule has 0 aliphatic carbocycles. The zero-order valence-electron chi connectivity index (χ0n) is 9.36. The maximum absolute atomic E-state index is 8.98. The highest BCUT2D eigenvalue weighted by molar-refractivity contribution is 5.45. The van der Waals surface area contributed by atoms with Crippen LogP contribution in [0, 0.1) is 5.92 Å². The summed E-state index contributed by atoms with van der Waals surface area (Å²) in [6.07, 6.45) is 0. The molecule has 15 heavy (non-hydrogen) atoms. The fraction of sp³-hybridized carbons (Fsp3) is 0.500. The molecule has 0 spiro atoms. The zero-order valence-corrected chi connectivity index (χ0v) is 9.36. The zero-order chi connectivity index (χ0) is 11.1. The molecule has 1 unspecified atom stereocenters. The SMILES string of the molecule is COCC(C)CNc1cccc(CO)c1. The van der Waals surface area contributed by atoms with Crippen LogP contribution in [0.3, 0.4) is 0 Å². The first-order valence-corrected chi connectivity index (χ1v) is 5.19. The lowest BCUT2D eigenvalue weighted by Gasteiger charge is -2.12. The molecule has 0 aliphatic heterocycles. The molecule has 1 aromatic rings. The summed E-state index contributed by atoms with van der Waals surface area (Å²) in [5, 5.41) is 12.3. The van der Waals surface area contributed by atoms with E-state index in [9.17, 15) is 0 Å². The first-order chi connectivity index (χ1) is 7.26. The van der Waals surface area contributed by atoms with Crippen LogP contribution in [0.25, 0.3) is 0 Å². The molecule has 2 N–H and O–H groups in total. The Hall–Kier alpha value is -1.06. The molecule has 3 heteroatoms. The predicted octanol–water partition coefficient (Wildman–Crippen LogP) is 1.87. The number of nitrogens with one attached hydrogen (secondary N) is 1. The van der Waals surface area contributed by atoms with Crippen molar-refractivity contribution >= 4 is 5.69 Å². The van der Waals surface area contributed by atoms with Crippen LogP contribution < -0.4 is 5.32 Å². The normalized spacial score (nSPS) is 12.5. The molecule has 1 aromatic carbocycles. The van der Waals surface area contributed by atoms with E-state index < -0.39 is 0 Å². The summed E-state index contributed by atoms with van der Waals surface area (Å²) >= 11 is 0. The predicted molar refractivity (Wildman–Crippen MR) is 61.9 cm³/mol. The van der Waals surface area contributed by atoms with Crippen LogP contribution in [0.4, 0.5) is 5.69 Å². The number of aliphatic hydroxyl groups excluding tert-OH is 1. The molecule has 3 nitrogen and oxygen atoms in total. The van der Waals surface area contributed by atoms with Gasteiger partial charge in [-0.2, -0.15) is 0 Å². The van der Waals surface area contributed by atoms with E-state index in [4.69, 9.17) is 9.84 Å². The second-order valence-corrected chi connectivity index (χ2v) is 3.80. The third kappa shape index (κ3) is 4.32. The highest BCUT2D eigenvalue weighted by Gasteiger charge is 2.01. The highest BCUT2D eigenvalue weighted by Crippen LogP contribution is 2.11. The van der Waals surface area contributed by atoms with Gasteiger partial charge < -0.3 is 15.2 Å². The second-order valence-electron chi connectivity index (χ2n) is 3.80. The highest BCUT2D eigenvalue weighted by atomic mass is 16.5. The quantitative estimate of drug-likeness (QED) is 0.751. The first kappa shape index (κ1) is 12.0. The number of benzene rings is 1. The smallest absolute Gasteiger partial charge is 0.0682 e. The average molecular weight is 209 g/mol. The van der Waals surface area contributed by atoms with Crippen molar-refractivity contribution in [2.75, 3.05) is 25.6 Å². The Kier molecular flexibility index (Phi) is 5.15. The minimum absolute atomic E-state index is 0.0865. The number of rotatable bonds is 6. The number of anilines is 1. The number of methoxy groups -OCH3 is 1. The molecule has 0 saturated carbocycles. The van der Waals surface area contributed by atoms with E-state index in [-0.39, 0.29) is 6.61 Å². The van der Waals surface area contributed by atoms with Crippen molar-refractivity contribution < 1.29 is 9.84 Å². The van der Waals surface area contributed by atoms with Crippen LogP contribution >= 0.6 is 0 Å². The van der Waals surface area contributed by atoms with Crippen LogP contribution in [0.2, 0.25) is 0 Å². The first-order valence-electron chi connectivity index (χ1n) is 5.19. The van der Waals surface area contributed by atoms with Gasteiger partial charge in [0.25, 0.3) is 0 Å². The van der Waals surface area contributed by atoms with Gasteiger partial charge in [0, 0.05) is 19.3 Å². The Balaban J connectivity index is 2.43. The molecule has 0 saturated heterocycles. The van der Waals surface area contributed by atoms with Gasteiger partial charge >= 0.3 is 0 Å². The number of hydrogen-bond acceptors (Lipinski definition) is 3. The lowest BCUT2D eigenvalue weighted by atomic mass is 10.1. The summed E-state index contributed by atoms with van der Waals surface area (Å²) in [6, 6.07) is 7.80. The molecule has 0 aromatic heterocycles. The topological polar surface area (TPSA) is 41.5 Å². The lowest BCUT2D eigenvalue weighted by Crippen LogP contribution is -2.15. The Labute approximate surface area is 91.1 Å². The minimum atomic E-state index is 0.0865. The van der Waals surface area contributed by atoms with Crippen LogP contribution in [0.1, 0.15) is 12.5 Å². The minimum Gasteiger partial charge on any atom is -0.392 e. The molecule has 0 fully saturated rings. The fourth-order valence-corrected chi connectivity index (χ4v) is 1.42. The van der Waals surface area contributed by atoms with Crippen molar-refractivity contribution in [3.05, 3.63) is 29.8 Å². The Morgan fingerprint density at radius 2 is 2.27 bits per heavy atom. The summed E-state index contributed by atoms with van der Waals surface area (Å²) in [7, 11) is 1.71. The van der Waals surface area contributed by atoms with Gasteiger partial charge in [0.05, 0.1) is 13.2 Å². The Morgan fingerprint density at radius 3 is 2.93 bits per heavy atom. The standard InChI is InChI=1S/C12H19NO2/c1-10(9-15-2)7-13-12-5-3-4-11(6-12)8-14/h3-6,10,13-14H,7-9H2,1-2H3. The van der Waals surface area contributed by atoms with Crippen LogP contribution in [-0.2, 0) is 11.3 Å². The molecule has 0 amide bonds. The molecule has 0 aliphatic rings. The van der Waals surface area contributed by atoms with Crippen LogP contribution in [0.15, 0.2) is 24.3 Å². The van der Waals surface area contributed by atoms with Crippen molar-refractivity contribution in [1.29, 1.82) is 0 Å². The summed E-state index contributed by atoms with van der Waals surface area (Å²) < 4.78 is 5.06. The van der Waals surface area contributed by atoms with Crippen LogP contribution in [-0.4, -0.2) is 25.4 Å². The second kappa shape index (κ2) is 6.43. The average Bonchev–Trinajstić information content (AvgIpc) is 2.27. The summed E-state index contributed by atoms with van der Waals surface area (Å²) in [4.78, 5) is 0. The van der Waals surface area contributed by atoms with Crippen molar-refractivity contribution in [2.45, 2.75) is 13.5 Å². The van der Waals surface area contributed by atoms with Gasteiger partial charge in [-0.1, -0.05) is 19.1 Å². The van der Waals surface area contributed by atoms with Gasteiger partial charge in [-0.3, -0.25) is 0 Å². The van der Waals surface area contributed by atoms with Gasteiger partial charge in [-0.15, -0.1) is 0 Å². The van der Waals surface area contributed by atoms with Crippen LogP contribution in [0.5, 0.6) is 0 Å². The number of ether oxygens (including phenoxy) is 1. The Morgan fingerprint density at radius 1 is 1.47 bits per heavy atom. The van der Waals surface area contributed by atoms with Gasteiger partial charge in [0.1, 0.15) is 0 Å². The molecular weight excluding hydrogens is 190 g/mol. The molecule has 0 heterocycles. The molecule has 1 atom stereocenters. The molecule has 0 radical (unpaired) electrons. The molecular formula is C12H19NO2. The fourth-order valence-electron chi connectivity index (χ4n) is 1.42. The third-order valence-electron chi connectivity index (χ3n) is 2.22. The van der Waals surface area contributed by atoms with E-state index >= 15 is 0 Å². The summed E-state index contributed by atoms with van der Waals surface area (Å²) in [6.45, 7) is 3.85. The van der Waals surface area contributed by atoms with E-state index in [0.29, 0.717) is 5.92 Å². The maximum Gasteiger partial charge on any atom is 0.0682 e. The van der Waals surface area contributed by atoms with Gasteiger partial charge in [0.2, 0.25) is 0 Å². The van der Waals surface area contributed by atoms with Crippen molar-refractivity contribution in [3.8, 4) is 0 Å². The lowest BCUT2D eigenvalue weighted by molar-refractivity contribution is 0.164. The van der Waals surface area contributed by atoms with Gasteiger partial charge in [-0.05, 0) is 23.6 Å². The number of hydrogen-bond donors (Lipinski definition) is 2. The van der Waals surface area contributed by atoms with Crippen molar-refractivity contribution in [3.63, 3.8) is 0 Å². The third-order valence-corrected chi connectivity index (χ3v) is 2.22. The Bertz CT molecular complexity index is 289. The molecule has 1 rings (SSSR count). The van der Waals surface area contributed by atoms with Crippen molar-refractivity contribution in [1.82, 2.24) is 0 Å². The van der Waals surface area contributed by atoms with Gasteiger partial charge in [0.15, 0.2) is 0 Å². The van der Waals surface area contributed by atoms with Gasteiger partial charge in [-0.25, -0.2) is 0 Å². The largest absolute Gasteiger partial charge is 0.392 e. The van der Waals surface area contributed by atoms with E-state index in [0.717, 1.165) is 24.4 Å². The van der Waals surface area contributed by atoms with E-state index in [2.05, 4.69) is 12.2 Å². The van der Waals surface area contributed by atoms with E-state index in [1.807, 2.05) is 24.3 Å². The summed E-state index contributed by atoms with van der Waals surface area (Å²) in [5.74, 6) is 0.479. The molecule has 84 valence electrons. The van der Waals surface area contributed by atoms with Crippen molar-refractivity contribution in [2.24, 2.45) is 5.92 Å². The maximum atomic E-state index is 8.98. The van der Waals surface area contributed by atoms with E-state index in [1.54, 1.807) is 7.11 Å². The molecule has 0 bridgehead atoms. The van der Waals surface area contributed by atoms with E-state index in [1.165, 1.54) is 0 Å². The number of aliphatic hydroxyl groups is 1. The summed E-state index contributed by atoms with van der Waals surface area (Å²) in [5.41, 5.74) is 1.98. The monoisotopic (exact) mass is 209 g/mol.